The zero-order valence-electron chi connectivity index (χ0n) is 16.8. The number of hydrogen-bond donors (Lipinski definition) is 1. The molecule has 0 atom stereocenters. The molecule has 0 unspecified atom stereocenters. The van der Waals surface area contributed by atoms with Gasteiger partial charge in [0.1, 0.15) is 0 Å². The lowest BCUT2D eigenvalue weighted by Gasteiger charge is -2.47. The zero-order valence-corrected chi connectivity index (χ0v) is 16.8. The van der Waals surface area contributed by atoms with Gasteiger partial charge in [0.15, 0.2) is 0 Å². The number of anilines is 1. The number of nitrogens with one attached hydrogen (secondary N) is 1. The molecular formula is C22H33N3O2. The van der Waals surface area contributed by atoms with E-state index in [9.17, 15) is 4.79 Å². The summed E-state index contributed by atoms with van der Waals surface area (Å²) in [6.45, 7) is 14.8. The second-order valence-electron chi connectivity index (χ2n) is 8.17. The average Bonchev–Trinajstić information content (AvgIpc) is 2.61. The van der Waals surface area contributed by atoms with Gasteiger partial charge in [-0.15, -0.1) is 0 Å². The number of amides is 1. The Balaban J connectivity index is 1.47. The first-order valence-electron chi connectivity index (χ1n) is 10.0. The van der Waals surface area contributed by atoms with Crippen LogP contribution in [0.4, 0.5) is 5.69 Å². The first kappa shape index (κ1) is 20.1. The van der Waals surface area contributed by atoms with Crippen molar-refractivity contribution in [3.8, 4) is 0 Å². The largest absolute Gasteiger partial charge is 0.372 e. The molecule has 5 heteroatoms. The molecule has 1 aromatic carbocycles. The lowest BCUT2D eigenvalue weighted by molar-refractivity contribution is -0.133. The van der Waals surface area contributed by atoms with E-state index in [0.717, 1.165) is 70.8 Å². The molecule has 1 spiro atoms. The highest BCUT2D eigenvalue weighted by atomic mass is 16.5. The average molecular weight is 372 g/mol. The van der Waals surface area contributed by atoms with E-state index in [1.807, 2.05) is 12.1 Å². The monoisotopic (exact) mass is 371 g/mol. The van der Waals surface area contributed by atoms with E-state index in [4.69, 9.17) is 4.74 Å². The Hall–Kier alpha value is -1.69. The van der Waals surface area contributed by atoms with Gasteiger partial charge in [0.05, 0.1) is 12.2 Å². The number of hydrogen-bond acceptors (Lipinski definition) is 4. The van der Waals surface area contributed by atoms with Crippen LogP contribution < -0.4 is 5.32 Å². The number of nitrogens with zero attached hydrogens (tertiary/aromatic N) is 2. The number of likely N-dealkylation sites (tertiary alicyclic amines) is 1. The molecule has 0 saturated carbocycles. The summed E-state index contributed by atoms with van der Waals surface area (Å²) in [7, 11) is 0. The van der Waals surface area contributed by atoms with Crippen LogP contribution in [0.5, 0.6) is 0 Å². The van der Waals surface area contributed by atoms with Crippen molar-refractivity contribution in [3.05, 3.63) is 42.0 Å². The molecule has 3 rings (SSSR count). The standard InChI is InChI=1S/C22H33N3O2/c1-18(2)16-25-13-14-27-22(17-25)8-11-24(12-9-22)10-7-20-5-4-6-21(15-20)23-19(3)26/h4-6,15H,1,7-14,16-17H2,2-3H3,(H,23,26). The normalized spacial score (nSPS) is 20.5. The van der Waals surface area contributed by atoms with Crippen LogP contribution in [-0.4, -0.2) is 67.2 Å². The highest BCUT2D eigenvalue weighted by Crippen LogP contribution is 2.30. The van der Waals surface area contributed by atoms with E-state index < -0.39 is 0 Å². The summed E-state index contributed by atoms with van der Waals surface area (Å²) in [4.78, 5) is 16.3. The predicted octanol–water partition coefficient (Wildman–Crippen LogP) is 2.93. The highest BCUT2D eigenvalue weighted by molar-refractivity contribution is 5.88. The number of morpholine rings is 1. The van der Waals surface area contributed by atoms with Crippen LogP contribution in [0, 0.1) is 0 Å². The molecule has 2 heterocycles. The van der Waals surface area contributed by atoms with Crippen LogP contribution in [0.15, 0.2) is 36.4 Å². The summed E-state index contributed by atoms with van der Waals surface area (Å²) >= 11 is 0. The molecule has 2 aliphatic rings. The molecule has 0 bridgehead atoms. The smallest absolute Gasteiger partial charge is 0.221 e. The van der Waals surface area contributed by atoms with Crippen molar-refractivity contribution < 1.29 is 9.53 Å². The summed E-state index contributed by atoms with van der Waals surface area (Å²) < 4.78 is 6.24. The van der Waals surface area contributed by atoms with Crippen molar-refractivity contribution >= 4 is 11.6 Å². The fourth-order valence-corrected chi connectivity index (χ4v) is 4.22. The quantitative estimate of drug-likeness (QED) is 0.781. The topological polar surface area (TPSA) is 44.8 Å². The Bertz CT molecular complexity index is 665. The molecule has 2 fully saturated rings. The summed E-state index contributed by atoms with van der Waals surface area (Å²) in [6.07, 6.45) is 3.21. The van der Waals surface area contributed by atoms with Gasteiger partial charge < -0.3 is 15.0 Å². The molecule has 1 N–H and O–H groups in total. The molecule has 27 heavy (non-hydrogen) atoms. The van der Waals surface area contributed by atoms with Crippen LogP contribution in [0.25, 0.3) is 0 Å². The lowest BCUT2D eigenvalue weighted by atomic mass is 9.89. The number of rotatable bonds is 6. The van der Waals surface area contributed by atoms with Gasteiger partial charge in [-0.05, 0) is 43.9 Å². The molecular weight excluding hydrogens is 338 g/mol. The Morgan fingerprint density at radius 3 is 2.70 bits per heavy atom. The summed E-state index contributed by atoms with van der Waals surface area (Å²) in [5, 5.41) is 2.86. The van der Waals surface area contributed by atoms with E-state index >= 15 is 0 Å². The maximum atomic E-state index is 11.2. The third-order valence-corrected chi connectivity index (χ3v) is 5.55. The zero-order chi connectivity index (χ0) is 19.3. The molecule has 0 aromatic heterocycles. The molecule has 0 radical (unpaired) electrons. The van der Waals surface area contributed by atoms with Crippen molar-refractivity contribution in [1.82, 2.24) is 9.80 Å². The molecule has 1 aromatic rings. The molecule has 1 amide bonds. The third-order valence-electron chi connectivity index (χ3n) is 5.55. The van der Waals surface area contributed by atoms with Gasteiger partial charge in [-0.25, -0.2) is 0 Å². The van der Waals surface area contributed by atoms with E-state index in [-0.39, 0.29) is 11.5 Å². The van der Waals surface area contributed by atoms with Crippen LogP contribution in [-0.2, 0) is 16.0 Å². The molecule has 0 aliphatic carbocycles. The Labute approximate surface area is 163 Å². The Morgan fingerprint density at radius 2 is 2.00 bits per heavy atom. The summed E-state index contributed by atoms with van der Waals surface area (Å²) in [5.74, 6) is -0.0262. The van der Waals surface area contributed by atoms with Gasteiger partial charge in [-0.3, -0.25) is 9.69 Å². The first-order chi connectivity index (χ1) is 12.9. The van der Waals surface area contributed by atoms with Crippen molar-refractivity contribution in [2.75, 3.05) is 51.2 Å². The van der Waals surface area contributed by atoms with Crippen molar-refractivity contribution in [2.45, 2.75) is 38.7 Å². The summed E-state index contributed by atoms with van der Waals surface area (Å²) in [6, 6.07) is 8.16. The SMILES string of the molecule is C=C(C)CN1CCOC2(CCN(CCc3cccc(NC(C)=O)c3)CC2)C1. The maximum Gasteiger partial charge on any atom is 0.221 e. The van der Waals surface area contributed by atoms with Crippen LogP contribution in [0.1, 0.15) is 32.3 Å². The molecule has 2 saturated heterocycles. The second kappa shape index (κ2) is 9.00. The van der Waals surface area contributed by atoms with Crippen LogP contribution in [0.2, 0.25) is 0 Å². The van der Waals surface area contributed by atoms with Crippen molar-refractivity contribution in [3.63, 3.8) is 0 Å². The van der Waals surface area contributed by atoms with Crippen LogP contribution in [0.3, 0.4) is 0 Å². The van der Waals surface area contributed by atoms with E-state index in [1.54, 1.807) is 6.92 Å². The van der Waals surface area contributed by atoms with Crippen molar-refractivity contribution in [2.24, 2.45) is 0 Å². The van der Waals surface area contributed by atoms with Gasteiger partial charge >= 0.3 is 0 Å². The van der Waals surface area contributed by atoms with Crippen molar-refractivity contribution in [1.29, 1.82) is 0 Å². The van der Waals surface area contributed by atoms with E-state index in [2.05, 4.69) is 40.8 Å². The number of carbonyl (C=O) groups excluding carboxylic acids is 1. The minimum atomic E-state index is -0.0262. The molecule has 2 aliphatic heterocycles. The number of ether oxygens (including phenoxy) is 1. The minimum absolute atomic E-state index is 0.0262. The first-order valence-corrected chi connectivity index (χ1v) is 10.0. The van der Waals surface area contributed by atoms with Gasteiger partial charge in [0.25, 0.3) is 0 Å². The van der Waals surface area contributed by atoms with Gasteiger partial charge in [0.2, 0.25) is 5.91 Å². The minimum Gasteiger partial charge on any atom is -0.372 e. The lowest BCUT2D eigenvalue weighted by Crippen LogP contribution is -2.57. The fraction of sp³-hybridized carbons (Fsp3) is 0.591. The van der Waals surface area contributed by atoms with Gasteiger partial charge in [0, 0.05) is 51.9 Å². The van der Waals surface area contributed by atoms with Gasteiger partial charge in [-0.1, -0.05) is 24.3 Å². The number of benzene rings is 1. The Kier molecular flexibility index (Phi) is 6.68. The van der Waals surface area contributed by atoms with E-state index in [1.165, 1.54) is 11.1 Å². The molecule has 5 nitrogen and oxygen atoms in total. The number of piperidine rings is 1. The summed E-state index contributed by atoms with van der Waals surface area (Å²) in [5.41, 5.74) is 3.41. The predicted molar refractivity (Wildman–Crippen MR) is 110 cm³/mol. The number of carbonyl (C=O) groups is 1. The second-order valence-corrected chi connectivity index (χ2v) is 8.17. The van der Waals surface area contributed by atoms with Gasteiger partial charge in [-0.2, -0.15) is 0 Å². The van der Waals surface area contributed by atoms with Crippen LogP contribution >= 0.6 is 0 Å². The highest BCUT2D eigenvalue weighted by Gasteiger charge is 2.39. The fourth-order valence-electron chi connectivity index (χ4n) is 4.22. The third kappa shape index (κ3) is 5.89. The molecule has 148 valence electrons. The Morgan fingerprint density at radius 1 is 1.22 bits per heavy atom. The maximum absolute atomic E-state index is 11.2. The van der Waals surface area contributed by atoms with E-state index in [0.29, 0.717) is 0 Å².